The van der Waals surface area contributed by atoms with Crippen molar-refractivity contribution in [2.45, 2.75) is 26.4 Å². The van der Waals surface area contributed by atoms with Gasteiger partial charge in [-0.2, -0.15) is 0 Å². The number of carbonyl (C=O) groups excluding carboxylic acids is 1. The molecule has 0 bridgehead atoms. The van der Waals surface area contributed by atoms with Gasteiger partial charge in [0.2, 0.25) is 0 Å². The van der Waals surface area contributed by atoms with Crippen LogP contribution >= 0.6 is 11.3 Å². The van der Waals surface area contributed by atoms with Gasteiger partial charge in [0.15, 0.2) is 11.5 Å². The Bertz CT molecular complexity index is 700. The molecule has 0 saturated carbocycles. The molecule has 1 aromatic heterocycles. The predicted octanol–water partition coefficient (Wildman–Crippen LogP) is 2.42. The lowest BCUT2D eigenvalue weighted by Gasteiger charge is -2.18. The molecular formula is C16H21N3O3S. The van der Waals surface area contributed by atoms with Crippen LogP contribution in [0, 0.1) is 6.92 Å². The van der Waals surface area contributed by atoms with E-state index in [0.29, 0.717) is 23.7 Å². The van der Waals surface area contributed by atoms with Crippen LogP contribution < -0.4 is 20.5 Å². The third-order valence-corrected chi connectivity index (χ3v) is 4.42. The van der Waals surface area contributed by atoms with Gasteiger partial charge in [0.05, 0.1) is 20.3 Å². The number of aromatic nitrogens is 1. The van der Waals surface area contributed by atoms with Crippen molar-refractivity contribution in [3.8, 4) is 11.5 Å². The molecule has 1 amide bonds. The van der Waals surface area contributed by atoms with Gasteiger partial charge < -0.3 is 20.5 Å². The molecule has 124 valence electrons. The number of benzene rings is 1. The fourth-order valence-electron chi connectivity index (χ4n) is 2.32. The third-order valence-electron chi connectivity index (χ3n) is 3.55. The average molecular weight is 335 g/mol. The Labute approximate surface area is 139 Å². The molecule has 1 heterocycles. The first-order chi connectivity index (χ1) is 11.0. The van der Waals surface area contributed by atoms with Gasteiger partial charge in [-0.05, 0) is 37.1 Å². The molecule has 0 spiro atoms. The van der Waals surface area contributed by atoms with Gasteiger partial charge in [-0.1, -0.05) is 0 Å². The number of carbonyl (C=O) groups is 1. The van der Waals surface area contributed by atoms with E-state index in [2.05, 4.69) is 10.3 Å². The van der Waals surface area contributed by atoms with E-state index in [9.17, 15) is 4.79 Å². The van der Waals surface area contributed by atoms with Gasteiger partial charge in [-0.15, -0.1) is 11.3 Å². The molecule has 0 fully saturated rings. The first kappa shape index (κ1) is 17.2. The first-order valence-corrected chi connectivity index (χ1v) is 8.06. The van der Waals surface area contributed by atoms with Crippen LogP contribution in [0.4, 0.5) is 0 Å². The Morgan fingerprint density at radius 1 is 1.35 bits per heavy atom. The van der Waals surface area contributed by atoms with Crippen LogP contribution in [0.2, 0.25) is 0 Å². The van der Waals surface area contributed by atoms with E-state index in [0.717, 1.165) is 16.1 Å². The normalized spacial score (nSPS) is 11.9. The summed E-state index contributed by atoms with van der Waals surface area (Å²) in [4.78, 5) is 16.5. The summed E-state index contributed by atoms with van der Waals surface area (Å²) in [6, 6.07) is 3.59. The molecule has 2 aromatic rings. The largest absolute Gasteiger partial charge is 0.493 e. The predicted molar refractivity (Wildman–Crippen MR) is 90.2 cm³/mol. The van der Waals surface area contributed by atoms with Crippen molar-refractivity contribution < 1.29 is 14.3 Å². The summed E-state index contributed by atoms with van der Waals surface area (Å²) < 4.78 is 10.6. The zero-order valence-corrected chi connectivity index (χ0v) is 14.5. The summed E-state index contributed by atoms with van der Waals surface area (Å²) in [6.07, 6.45) is 0. The number of nitrogens with two attached hydrogens (primary N) is 1. The Kier molecular flexibility index (Phi) is 5.57. The Balaban J connectivity index is 2.19. The second kappa shape index (κ2) is 7.43. The molecule has 1 unspecified atom stereocenters. The van der Waals surface area contributed by atoms with Crippen molar-refractivity contribution >= 4 is 17.2 Å². The monoisotopic (exact) mass is 335 g/mol. The maximum absolute atomic E-state index is 12.3. The van der Waals surface area contributed by atoms with E-state index in [1.54, 1.807) is 19.6 Å². The molecule has 0 aliphatic rings. The highest BCUT2D eigenvalue weighted by atomic mass is 32.1. The maximum Gasteiger partial charge on any atom is 0.271 e. The van der Waals surface area contributed by atoms with Crippen molar-refractivity contribution in [3.63, 3.8) is 0 Å². The molecule has 23 heavy (non-hydrogen) atoms. The lowest BCUT2D eigenvalue weighted by molar-refractivity contribution is 0.0935. The summed E-state index contributed by atoms with van der Waals surface area (Å²) in [6.45, 7) is 4.22. The second-order valence-corrected chi connectivity index (χ2v) is 6.03. The second-order valence-electron chi connectivity index (χ2n) is 5.09. The highest BCUT2D eigenvalue weighted by Gasteiger charge is 2.18. The Morgan fingerprint density at radius 2 is 2.00 bits per heavy atom. The molecule has 1 aromatic carbocycles. The van der Waals surface area contributed by atoms with Gasteiger partial charge in [-0.3, -0.25) is 4.79 Å². The number of methoxy groups -OCH3 is 2. The van der Waals surface area contributed by atoms with Crippen molar-refractivity contribution in [1.29, 1.82) is 0 Å². The summed E-state index contributed by atoms with van der Waals surface area (Å²) in [7, 11) is 3.18. The van der Waals surface area contributed by atoms with Crippen LogP contribution in [0.25, 0.3) is 0 Å². The molecule has 7 heteroatoms. The average Bonchev–Trinajstić information content (AvgIpc) is 3.03. The van der Waals surface area contributed by atoms with Crippen LogP contribution in [-0.4, -0.2) is 25.1 Å². The van der Waals surface area contributed by atoms with Crippen molar-refractivity contribution in [3.05, 3.63) is 39.3 Å². The number of thiazole rings is 1. The topological polar surface area (TPSA) is 86.5 Å². The zero-order chi connectivity index (χ0) is 17.0. The minimum atomic E-state index is -0.220. The number of ether oxygens (including phenoxy) is 2. The number of hydrogen-bond donors (Lipinski definition) is 2. The molecule has 6 nitrogen and oxygen atoms in total. The zero-order valence-electron chi connectivity index (χ0n) is 13.7. The molecule has 2 rings (SSSR count). The summed E-state index contributed by atoms with van der Waals surface area (Å²) in [5.41, 5.74) is 7.89. The van der Waals surface area contributed by atoms with Crippen LogP contribution in [0.15, 0.2) is 17.5 Å². The van der Waals surface area contributed by atoms with E-state index < -0.39 is 0 Å². The smallest absolute Gasteiger partial charge is 0.271 e. The number of aryl methyl sites for hydroxylation is 1. The number of nitrogens with zero attached hydrogens (tertiary/aromatic N) is 1. The van der Waals surface area contributed by atoms with Crippen LogP contribution in [0.1, 0.15) is 39.6 Å². The van der Waals surface area contributed by atoms with Gasteiger partial charge in [0.1, 0.15) is 10.7 Å². The standard InChI is InChI=1S/C16H21N3O3S/c1-9-5-13(21-3)14(22-4)6-11(9)10(2)18-16(20)12-8-23-15(7-17)19-12/h5-6,8,10H,7,17H2,1-4H3,(H,18,20). The molecule has 1 atom stereocenters. The molecule has 0 aliphatic heterocycles. The van der Waals surface area contributed by atoms with Gasteiger partial charge in [0.25, 0.3) is 5.91 Å². The number of amides is 1. The van der Waals surface area contributed by atoms with Crippen molar-refractivity contribution in [1.82, 2.24) is 10.3 Å². The summed E-state index contributed by atoms with van der Waals surface area (Å²) in [5, 5.41) is 5.40. The first-order valence-electron chi connectivity index (χ1n) is 7.18. The van der Waals surface area contributed by atoms with E-state index in [4.69, 9.17) is 15.2 Å². The van der Waals surface area contributed by atoms with Gasteiger partial charge in [0, 0.05) is 11.9 Å². The van der Waals surface area contributed by atoms with Crippen LogP contribution in [0.5, 0.6) is 11.5 Å². The molecule has 3 N–H and O–H groups in total. The lowest BCUT2D eigenvalue weighted by atomic mass is 10.0. The molecule has 0 radical (unpaired) electrons. The third kappa shape index (κ3) is 3.80. The molecule has 0 aliphatic carbocycles. The Morgan fingerprint density at radius 3 is 2.57 bits per heavy atom. The highest BCUT2D eigenvalue weighted by Crippen LogP contribution is 2.32. The maximum atomic E-state index is 12.3. The fourth-order valence-corrected chi connectivity index (χ4v) is 2.97. The van der Waals surface area contributed by atoms with Crippen LogP contribution in [-0.2, 0) is 6.54 Å². The number of nitrogens with one attached hydrogen (secondary N) is 1. The summed E-state index contributed by atoms with van der Waals surface area (Å²) in [5.74, 6) is 1.08. The minimum Gasteiger partial charge on any atom is -0.493 e. The van der Waals surface area contributed by atoms with Crippen molar-refractivity contribution in [2.24, 2.45) is 5.73 Å². The van der Waals surface area contributed by atoms with E-state index >= 15 is 0 Å². The summed E-state index contributed by atoms with van der Waals surface area (Å²) >= 11 is 1.38. The fraction of sp³-hybridized carbons (Fsp3) is 0.375. The van der Waals surface area contributed by atoms with Crippen molar-refractivity contribution in [2.75, 3.05) is 14.2 Å². The highest BCUT2D eigenvalue weighted by molar-refractivity contribution is 7.09. The van der Waals surface area contributed by atoms with E-state index in [1.165, 1.54) is 11.3 Å². The number of hydrogen-bond acceptors (Lipinski definition) is 6. The SMILES string of the molecule is COc1cc(C)c(C(C)NC(=O)c2csc(CN)n2)cc1OC. The Hall–Kier alpha value is -2.12. The molecular weight excluding hydrogens is 314 g/mol. The quantitative estimate of drug-likeness (QED) is 0.846. The van der Waals surface area contributed by atoms with Gasteiger partial charge in [-0.25, -0.2) is 4.98 Å². The van der Waals surface area contributed by atoms with Gasteiger partial charge >= 0.3 is 0 Å². The lowest BCUT2D eigenvalue weighted by Crippen LogP contribution is -2.27. The molecule has 0 saturated heterocycles. The van der Waals surface area contributed by atoms with E-state index in [-0.39, 0.29) is 11.9 Å². The van der Waals surface area contributed by atoms with E-state index in [1.807, 2.05) is 26.0 Å². The van der Waals surface area contributed by atoms with Crippen LogP contribution in [0.3, 0.4) is 0 Å². The minimum absolute atomic E-state index is 0.190. The number of rotatable bonds is 6.